The molecule has 0 bridgehead atoms. The van der Waals surface area contributed by atoms with E-state index >= 15 is 0 Å². The van der Waals surface area contributed by atoms with Crippen molar-refractivity contribution in [2.45, 2.75) is 63.0 Å². The van der Waals surface area contributed by atoms with E-state index in [-0.39, 0.29) is 23.4 Å². The van der Waals surface area contributed by atoms with E-state index in [2.05, 4.69) is 5.32 Å². The van der Waals surface area contributed by atoms with Gasteiger partial charge in [-0.2, -0.15) is 0 Å². The highest BCUT2D eigenvalue weighted by atomic mass is 32.2. The van der Waals surface area contributed by atoms with E-state index in [0.717, 1.165) is 20.3 Å². The van der Waals surface area contributed by atoms with Crippen molar-refractivity contribution in [3.05, 3.63) is 83.9 Å². The van der Waals surface area contributed by atoms with Crippen LogP contribution in [0.1, 0.15) is 38.8 Å². The quantitative estimate of drug-likeness (QED) is 0.270. The molecule has 0 unspecified atom stereocenters. The molecule has 0 radical (unpaired) electrons. The lowest BCUT2D eigenvalue weighted by Crippen LogP contribution is -2.52. The second-order valence-electron chi connectivity index (χ2n) is 9.90. The fourth-order valence-corrected chi connectivity index (χ4v) is 6.06. The Morgan fingerprint density at radius 1 is 0.951 bits per heavy atom. The van der Waals surface area contributed by atoms with E-state index in [4.69, 9.17) is 4.74 Å². The summed E-state index contributed by atoms with van der Waals surface area (Å²) in [4.78, 5) is 29.5. The molecular weight excluding hydrogens is 558 g/mol. The van der Waals surface area contributed by atoms with Gasteiger partial charge < -0.3 is 15.0 Å². The zero-order chi connectivity index (χ0) is 30.2. The normalized spacial score (nSPS) is 12.1. The fourth-order valence-electron chi connectivity index (χ4n) is 4.24. The average molecular weight is 598 g/mol. The predicted molar refractivity (Wildman–Crippen MR) is 165 cm³/mol. The van der Waals surface area contributed by atoms with Gasteiger partial charge in [-0.1, -0.05) is 24.3 Å². The van der Waals surface area contributed by atoms with Crippen LogP contribution in [-0.4, -0.2) is 56.6 Å². The van der Waals surface area contributed by atoms with Gasteiger partial charge in [0.05, 0.1) is 17.2 Å². The number of benzene rings is 3. The third-order valence-corrected chi connectivity index (χ3v) is 9.09. The number of sulfonamides is 1. The van der Waals surface area contributed by atoms with Crippen LogP contribution in [0.15, 0.2) is 82.6 Å². The Balaban J connectivity index is 2.05. The fraction of sp³-hybridized carbons (Fsp3) is 0.355. The monoisotopic (exact) mass is 597 g/mol. The molecule has 0 aromatic heterocycles. The van der Waals surface area contributed by atoms with Crippen LogP contribution in [0.4, 0.5) is 5.69 Å². The topological polar surface area (TPSA) is 96.0 Å². The summed E-state index contributed by atoms with van der Waals surface area (Å²) in [7, 11) is -4.14. The number of amides is 2. The molecule has 0 aliphatic rings. The summed E-state index contributed by atoms with van der Waals surface area (Å²) in [6, 6.07) is 19.8. The molecule has 0 spiro atoms. The summed E-state index contributed by atoms with van der Waals surface area (Å²) >= 11 is 1.50. The van der Waals surface area contributed by atoms with Gasteiger partial charge in [-0.3, -0.25) is 13.9 Å². The van der Waals surface area contributed by atoms with Gasteiger partial charge in [0.1, 0.15) is 18.3 Å². The zero-order valence-corrected chi connectivity index (χ0v) is 26.1. The highest BCUT2D eigenvalue weighted by Gasteiger charge is 2.33. The Morgan fingerprint density at radius 3 is 2.15 bits per heavy atom. The summed E-state index contributed by atoms with van der Waals surface area (Å²) in [6.45, 7) is 9.27. The molecule has 3 rings (SSSR count). The van der Waals surface area contributed by atoms with Crippen LogP contribution in [0.5, 0.6) is 5.75 Å². The highest BCUT2D eigenvalue weighted by Crippen LogP contribution is 2.28. The minimum Gasteiger partial charge on any atom is -0.494 e. The number of rotatable bonds is 13. The number of carbonyl (C=O) groups excluding carboxylic acids is 2. The first-order chi connectivity index (χ1) is 19.5. The van der Waals surface area contributed by atoms with Gasteiger partial charge in [-0.25, -0.2) is 8.42 Å². The van der Waals surface area contributed by atoms with Crippen LogP contribution in [0.25, 0.3) is 0 Å². The number of hydrogen-bond donors (Lipinski definition) is 1. The molecule has 0 saturated carbocycles. The third-order valence-electron chi connectivity index (χ3n) is 6.56. The maximum atomic E-state index is 14.0. The average Bonchev–Trinajstić information content (AvgIpc) is 2.95. The van der Waals surface area contributed by atoms with Crippen LogP contribution in [0, 0.1) is 6.92 Å². The van der Waals surface area contributed by atoms with Crippen LogP contribution in [0.3, 0.4) is 0 Å². The first-order valence-electron chi connectivity index (χ1n) is 13.5. The molecule has 0 saturated heterocycles. The lowest BCUT2D eigenvalue weighted by Gasteiger charge is -2.32. The van der Waals surface area contributed by atoms with Crippen molar-refractivity contribution in [1.82, 2.24) is 10.2 Å². The molecule has 41 heavy (non-hydrogen) atoms. The summed E-state index contributed by atoms with van der Waals surface area (Å²) in [6.07, 6.45) is 1.91. The molecular formula is C31H39N3O5S2. The summed E-state index contributed by atoms with van der Waals surface area (Å²) in [5, 5.41) is 2.87. The van der Waals surface area contributed by atoms with E-state index in [1.54, 1.807) is 43.3 Å². The SMILES string of the molecule is CCOc1ccc(N(CC(=O)N(Cc2ccccc2C)[C@@H](C)C(=O)NC(C)C)S(=O)(=O)c2ccc(SC)cc2)cc1. The Labute approximate surface area is 248 Å². The lowest BCUT2D eigenvalue weighted by molar-refractivity contribution is -0.139. The Kier molecular flexibility index (Phi) is 11.3. The van der Waals surface area contributed by atoms with Crippen molar-refractivity contribution in [2.75, 3.05) is 23.7 Å². The van der Waals surface area contributed by atoms with Gasteiger partial charge >= 0.3 is 0 Å². The van der Waals surface area contributed by atoms with Crippen molar-refractivity contribution < 1.29 is 22.7 Å². The molecule has 2 amide bonds. The molecule has 1 atom stereocenters. The smallest absolute Gasteiger partial charge is 0.264 e. The Bertz CT molecular complexity index is 1420. The van der Waals surface area contributed by atoms with Crippen molar-refractivity contribution in [1.29, 1.82) is 0 Å². The predicted octanol–water partition coefficient (Wildman–Crippen LogP) is 5.25. The van der Waals surface area contributed by atoms with E-state index in [0.29, 0.717) is 18.0 Å². The highest BCUT2D eigenvalue weighted by molar-refractivity contribution is 7.98. The van der Waals surface area contributed by atoms with Crippen molar-refractivity contribution in [3.8, 4) is 5.75 Å². The molecule has 10 heteroatoms. The molecule has 0 heterocycles. The van der Waals surface area contributed by atoms with Crippen LogP contribution >= 0.6 is 11.8 Å². The number of nitrogens with one attached hydrogen (secondary N) is 1. The van der Waals surface area contributed by atoms with Crippen molar-refractivity contribution in [2.24, 2.45) is 0 Å². The molecule has 0 aliphatic heterocycles. The van der Waals surface area contributed by atoms with E-state index in [1.165, 1.54) is 28.8 Å². The van der Waals surface area contributed by atoms with Gasteiger partial charge in [0.25, 0.3) is 10.0 Å². The Morgan fingerprint density at radius 2 is 1.59 bits per heavy atom. The van der Waals surface area contributed by atoms with E-state index in [1.807, 2.05) is 58.2 Å². The number of anilines is 1. The van der Waals surface area contributed by atoms with E-state index in [9.17, 15) is 18.0 Å². The largest absolute Gasteiger partial charge is 0.494 e. The van der Waals surface area contributed by atoms with Gasteiger partial charge in [0.2, 0.25) is 11.8 Å². The van der Waals surface area contributed by atoms with Gasteiger partial charge in [-0.05, 0) is 101 Å². The molecule has 0 aliphatic carbocycles. The second kappa shape index (κ2) is 14.4. The number of ether oxygens (including phenoxy) is 1. The van der Waals surface area contributed by atoms with Crippen LogP contribution in [0.2, 0.25) is 0 Å². The van der Waals surface area contributed by atoms with Crippen molar-refractivity contribution >= 4 is 39.3 Å². The minimum atomic E-state index is -4.14. The molecule has 1 N–H and O–H groups in total. The zero-order valence-electron chi connectivity index (χ0n) is 24.5. The minimum absolute atomic E-state index is 0.0630. The van der Waals surface area contributed by atoms with Gasteiger partial charge in [-0.15, -0.1) is 11.8 Å². The number of aryl methyl sites for hydroxylation is 1. The maximum absolute atomic E-state index is 14.0. The number of carbonyl (C=O) groups is 2. The molecule has 220 valence electrons. The van der Waals surface area contributed by atoms with E-state index < -0.39 is 28.5 Å². The molecule has 8 nitrogen and oxygen atoms in total. The third kappa shape index (κ3) is 8.27. The first-order valence-corrected chi connectivity index (χ1v) is 16.2. The Hall–Kier alpha value is -3.50. The molecule has 3 aromatic carbocycles. The van der Waals surface area contributed by atoms with Gasteiger partial charge in [0, 0.05) is 17.5 Å². The number of nitrogens with zero attached hydrogens (tertiary/aromatic N) is 2. The van der Waals surface area contributed by atoms with Crippen LogP contribution < -0.4 is 14.4 Å². The maximum Gasteiger partial charge on any atom is 0.264 e. The molecule has 0 fully saturated rings. The molecule has 3 aromatic rings. The summed E-state index contributed by atoms with van der Waals surface area (Å²) in [5.41, 5.74) is 2.14. The van der Waals surface area contributed by atoms with Crippen LogP contribution in [-0.2, 0) is 26.2 Å². The number of thioether (sulfide) groups is 1. The summed E-state index contributed by atoms with van der Waals surface area (Å²) < 4.78 is 34.6. The first kappa shape index (κ1) is 32.0. The second-order valence-corrected chi connectivity index (χ2v) is 12.6. The lowest BCUT2D eigenvalue weighted by atomic mass is 10.1. The van der Waals surface area contributed by atoms with Gasteiger partial charge in [0.15, 0.2) is 0 Å². The van der Waals surface area contributed by atoms with Crippen molar-refractivity contribution in [3.63, 3.8) is 0 Å². The standard InChI is InChI=1S/C31H39N3O5S2/c1-7-39-27-14-12-26(13-15-27)34(41(37,38)29-18-16-28(40-6)17-19-29)21-30(35)33(24(5)31(36)32-22(2)3)20-25-11-9-8-10-23(25)4/h8-19,22,24H,7,20-21H2,1-6H3,(H,32,36)/t24-/m0/s1. The number of hydrogen-bond acceptors (Lipinski definition) is 6. The summed E-state index contributed by atoms with van der Waals surface area (Å²) in [5.74, 6) is -0.229.